The van der Waals surface area contributed by atoms with E-state index in [4.69, 9.17) is 4.74 Å². The highest BCUT2D eigenvalue weighted by molar-refractivity contribution is 5.28. The lowest BCUT2D eigenvalue weighted by Gasteiger charge is -2.16. The van der Waals surface area contributed by atoms with E-state index in [0.717, 1.165) is 43.1 Å². The third-order valence-electron chi connectivity index (χ3n) is 4.06. The molecule has 0 amide bonds. The molecular formula is C17H26O2. The van der Waals surface area contributed by atoms with Gasteiger partial charge in [0.1, 0.15) is 5.75 Å². The predicted molar refractivity (Wildman–Crippen MR) is 78.4 cm³/mol. The van der Waals surface area contributed by atoms with Crippen LogP contribution in [0.5, 0.6) is 5.75 Å². The molecule has 0 heterocycles. The molecule has 1 aromatic carbocycles. The summed E-state index contributed by atoms with van der Waals surface area (Å²) in [7, 11) is 0. The normalized spacial score (nSPS) is 17.6. The van der Waals surface area contributed by atoms with Crippen molar-refractivity contribution in [2.24, 2.45) is 5.92 Å². The summed E-state index contributed by atoms with van der Waals surface area (Å²) >= 11 is 0. The second-order valence-corrected chi connectivity index (χ2v) is 5.67. The summed E-state index contributed by atoms with van der Waals surface area (Å²) in [6.07, 6.45) is 8.08. The predicted octanol–water partition coefficient (Wildman–Crippen LogP) is 4.48. The molecule has 1 aliphatic carbocycles. The van der Waals surface area contributed by atoms with Crippen molar-refractivity contribution in [3.05, 3.63) is 29.8 Å². The first-order valence-corrected chi connectivity index (χ1v) is 7.70. The number of hydrogen-bond acceptors (Lipinski definition) is 2. The number of rotatable bonds is 7. The van der Waals surface area contributed by atoms with Gasteiger partial charge in [0.05, 0.1) is 12.7 Å². The third kappa shape index (κ3) is 4.54. The van der Waals surface area contributed by atoms with E-state index < -0.39 is 0 Å². The number of unbranched alkanes of at least 4 members (excludes halogenated alkanes) is 1. The summed E-state index contributed by atoms with van der Waals surface area (Å²) in [4.78, 5) is 0. The summed E-state index contributed by atoms with van der Waals surface area (Å²) in [5, 5.41) is 10.2. The molecule has 0 aromatic heterocycles. The van der Waals surface area contributed by atoms with Gasteiger partial charge >= 0.3 is 0 Å². The average Bonchev–Trinajstić information content (AvgIpc) is 2.93. The standard InChI is InChI=1S/C17H26O2/c1-2-3-12-19-16-10-8-15(9-11-16)17(18)13-14-6-4-5-7-14/h8-11,14,17-18H,2-7,12-13H2,1H3. The minimum absolute atomic E-state index is 0.312. The summed E-state index contributed by atoms with van der Waals surface area (Å²) in [6.45, 7) is 2.94. The number of ether oxygens (including phenoxy) is 1. The van der Waals surface area contributed by atoms with E-state index in [-0.39, 0.29) is 6.10 Å². The minimum atomic E-state index is -0.312. The van der Waals surface area contributed by atoms with Gasteiger partial charge in [-0.2, -0.15) is 0 Å². The van der Waals surface area contributed by atoms with E-state index in [1.165, 1.54) is 25.7 Å². The second kappa shape index (κ2) is 7.54. The van der Waals surface area contributed by atoms with E-state index in [0.29, 0.717) is 0 Å². The fourth-order valence-electron chi connectivity index (χ4n) is 2.82. The summed E-state index contributed by atoms with van der Waals surface area (Å²) < 4.78 is 5.63. The molecule has 1 N–H and O–H groups in total. The summed E-state index contributed by atoms with van der Waals surface area (Å²) in [5.41, 5.74) is 1.02. The van der Waals surface area contributed by atoms with Crippen molar-refractivity contribution >= 4 is 0 Å². The summed E-state index contributed by atoms with van der Waals surface area (Å²) in [5.74, 6) is 1.63. The Balaban J connectivity index is 1.82. The molecule has 1 atom stereocenters. The Hall–Kier alpha value is -1.02. The first-order chi connectivity index (χ1) is 9.29. The highest BCUT2D eigenvalue weighted by atomic mass is 16.5. The fraction of sp³-hybridized carbons (Fsp3) is 0.647. The van der Waals surface area contributed by atoms with Gasteiger partial charge in [0.25, 0.3) is 0 Å². The maximum atomic E-state index is 10.2. The van der Waals surface area contributed by atoms with Gasteiger partial charge in [-0.1, -0.05) is 51.2 Å². The van der Waals surface area contributed by atoms with Gasteiger partial charge in [-0.05, 0) is 36.5 Å². The molecule has 2 nitrogen and oxygen atoms in total. The van der Waals surface area contributed by atoms with Crippen molar-refractivity contribution in [2.45, 2.75) is 58.0 Å². The second-order valence-electron chi connectivity index (χ2n) is 5.67. The van der Waals surface area contributed by atoms with Crippen LogP contribution in [0.1, 0.15) is 63.5 Å². The van der Waals surface area contributed by atoms with E-state index in [1.807, 2.05) is 24.3 Å². The van der Waals surface area contributed by atoms with Crippen LogP contribution in [-0.2, 0) is 0 Å². The van der Waals surface area contributed by atoms with Gasteiger partial charge in [-0.3, -0.25) is 0 Å². The Bertz CT molecular complexity index is 352. The minimum Gasteiger partial charge on any atom is -0.494 e. The van der Waals surface area contributed by atoms with E-state index in [2.05, 4.69) is 6.92 Å². The Morgan fingerprint density at radius 3 is 2.53 bits per heavy atom. The van der Waals surface area contributed by atoms with Gasteiger partial charge in [0, 0.05) is 0 Å². The molecule has 2 heteroatoms. The van der Waals surface area contributed by atoms with Crippen molar-refractivity contribution in [3.8, 4) is 5.75 Å². The van der Waals surface area contributed by atoms with Crippen molar-refractivity contribution in [2.75, 3.05) is 6.61 Å². The van der Waals surface area contributed by atoms with Gasteiger partial charge in [0.2, 0.25) is 0 Å². The zero-order chi connectivity index (χ0) is 13.5. The molecule has 0 bridgehead atoms. The lowest BCUT2D eigenvalue weighted by molar-refractivity contribution is 0.145. The van der Waals surface area contributed by atoms with Crippen molar-refractivity contribution in [1.82, 2.24) is 0 Å². The van der Waals surface area contributed by atoms with Gasteiger partial charge in [-0.15, -0.1) is 0 Å². The van der Waals surface area contributed by atoms with Crippen LogP contribution in [0.3, 0.4) is 0 Å². The average molecular weight is 262 g/mol. The van der Waals surface area contributed by atoms with Crippen LogP contribution in [0.25, 0.3) is 0 Å². The zero-order valence-electron chi connectivity index (χ0n) is 12.0. The van der Waals surface area contributed by atoms with Crippen LogP contribution < -0.4 is 4.74 Å². The highest BCUT2D eigenvalue weighted by Crippen LogP contribution is 2.33. The zero-order valence-corrected chi connectivity index (χ0v) is 12.0. The van der Waals surface area contributed by atoms with Crippen molar-refractivity contribution in [3.63, 3.8) is 0 Å². The summed E-state index contributed by atoms with van der Waals surface area (Å²) in [6, 6.07) is 7.95. The van der Waals surface area contributed by atoms with Crippen LogP contribution in [0, 0.1) is 5.92 Å². The topological polar surface area (TPSA) is 29.5 Å². The number of aliphatic hydroxyl groups is 1. The van der Waals surface area contributed by atoms with E-state index in [1.54, 1.807) is 0 Å². The first-order valence-electron chi connectivity index (χ1n) is 7.70. The number of hydrogen-bond donors (Lipinski definition) is 1. The van der Waals surface area contributed by atoms with Gasteiger partial charge in [-0.25, -0.2) is 0 Å². The molecule has 1 aliphatic rings. The Morgan fingerprint density at radius 1 is 1.21 bits per heavy atom. The third-order valence-corrected chi connectivity index (χ3v) is 4.06. The first kappa shape index (κ1) is 14.4. The molecule has 1 aromatic rings. The molecule has 0 saturated heterocycles. The lowest BCUT2D eigenvalue weighted by atomic mass is 9.96. The molecule has 0 spiro atoms. The fourth-order valence-corrected chi connectivity index (χ4v) is 2.82. The quantitative estimate of drug-likeness (QED) is 0.734. The Labute approximate surface area is 116 Å². The number of benzene rings is 1. The Morgan fingerprint density at radius 2 is 1.89 bits per heavy atom. The van der Waals surface area contributed by atoms with E-state index in [9.17, 15) is 5.11 Å². The largest absolute Gasteiger partial charge is 0.494 e. The molecule has 1 unspecified atom stereocenters. The molecule has 0 radical (unpaired) electrons. The van der Waals surface area contributed by atoms with Crippen LogP contribution in [-0.4, -0.2) is 11.7 Å². The molecule has 19 heavy (non-hydrogen) atoms. The number of aliphatic hydroxyl groups excluding tert-OH is 1. The van der Waals surface area contributed by atoms with Crippen molar-refractivity contribution < 1.29 is 9.84 Å². The molecule has 1 fully saturated rings. The van der Waals surface area contributed by atoms with Crippen LogP contribution in [0.2, 0.25) is 0 Å². The maximum Gasteiger partial charge on any atom is 0.119 e. The Kier molecular flexibility index (Phi) is 5.71. The SMILES string of the molecule is CCCCOc1ccc(C(O)CC2CCCC2)cc1. The van der Waals surface area contributed by atoms with Crippen LogP contribution in [0.15, 0.2) is 24.3 Å². The smallest absolute Gasteiger partial charge is 0.119 e. The van der Waals surface area contributed by atoms with Crippen LogP contribution in [0.4, 0.5) is 0 Å². The van der Waals surface area contributed by atoms with E-state index >= 15 is 0 Å². The highest BCUT2D eigenvalue weighted by Gasteiger charge is 2.19. The molecule has 0 aliphatic heterocycles. The molecular weight excluding hydrogens is 236 g/mol. The van der Waals surface area contributed by atoms with Crippen LogP contribution >= 0.6 is 0 Å². The monoisotopic (exact) mass is 262 g/mol. The maximum absolute atomic E-state index is 10.2. The van der Waals surface area contributed by atoms with Gasteiger partial charge in [0.15, 0.2) is 0 Å². The molecule has 2 rings (SSSR count). The van der Waals surface area contributed by atoms with Crippen molar-refractivity contribution in [1.29, 1.82) is 0 Å². The van der Waals surface area contributed by atoms with Gasteiger partial charge < -0.3 is 9.84 Å². The lowest BCUT2D eigenvalue weighted by Crippen LogP contribution is -2.04. The molecule has 106 valence electrons. The molecule has 1 saturated carbocycles.